The van der Waals surface area contributed by atoms with Gasteiger partial charge in [0.25, 0.3) is 0 Å². The van der Waals surface area contributed by atoms with Gasteiger partial charge >= 0.3 is 0 Å². The summed E-state index contributed by atoms with van der Waals surface area (Å²) < 4.78 is 2.35. The number of nitrogens with zero attached hydrogens (tertiary/aromatic N) is 2. The second kappa shape index (κ2) is 5.40. The maximum Gasteiger partial charge on any atom is 0.124 e. The van der Waals surface area contributed by atoms with E-state index in [9.17, 15) is 0 Å². The maximum atomic E-state index is 6.12. The molecule has 0 N–H and O–H groups in total. The number of benzene rings is 1. The molecule has 2 aromatic rings. The molecule has 2 nitrogen and oxygen atoms in total. The topological polar surface area (TPSA) is 17.8 Å². The van der Waals surface area contributed by atoms with Gasteiger partial charge in [0.05, 0.1) is 16.9 Å². The van der Waals surface area contributed by atoms with Crippen LogP contribution < -0.4 is 0 Å². The van der Waals surface area contributed by atoms with Crippen molar-refractivity contribution in [2.75, 3.05) is 0 Å². The lowest BCUT2D eigenvalue weighted by atomic mass is 9.75. The minimum atomic E-state index is 0.400. The SMILES string of the molecule is Cc1ccc2c(c1)nc(CCl)n2CC1(C)CCCCC1. The smallest absolute Gasteiger partial charge is 0.124 e. The van der Waals surface area contributed by atoms with Crippen LogP contribution in [0.1, 0.15) is 50.4 Å². The van der Waals surface area contributed by atoms with Crippen LogP contribution in [-0.4, -0.2) is 9.55 Å². The monoisotopic (exact) mass is 290 g/mol. The molecular weight excluding hydrogens is 268 g/mol. The third-order valence-corrected chi connectivity index (χ3v) is 4.94. The Kier molecular flexibility index (Phi) is 3.76. The van der Waals surface area contributed by atoms with Gasteiger partial charge in [-0.15, -0.1) is 11.6 Å². The van der Waals surface area contributed by atoms with Crippen molar-refractivity contribution in [3.63, 3.8) is 0 Å². The van der Waals surface area contributed by atoms with Crippen molar-refractivity contribution in [1.29, 1.82) is 0 Å². The van der Waals surface area contributed by atoms with Crippen LogP contribution in [-0.2, 0) is 12.4 Å². The molecule has 0 unspecified atom stereocenters. The lowest BCUT2D eigenvalue weighted by molar-refractivity contribution is 0.184. The van der Waals surface area contributed by atoms with Crippen molar-refractivity contribution >= 4 is 22.6 Å². The first-order valence-electron chi connectivity index (χ1n) is 7.63. The number of fused-ring (bicyclic) bond motifs is 1. The molecule has 108 valence electrons. The lowest BCUT2D eigenvalue weighted by Gasteiger charge is -2.34. The molecule has 0 bridgehead atoms. The number of aromatic nitrogens is 2. The average molecular weight is 291 g/mol. The zero-order chi connectivity index (χ0) is 14.2. The average Bonchev–Trinajstić information content (AvgIpc) is 2.76. The van der Waals surface area contributed by atoms with Crippen molar-refractivity contribution in [2.45, 2.75) is 58.4 Å². The van der Waals surface area contributed by atoms with Gasteiger partial charge in [-0.3, -0.25) is 0 Å². The summed E-state index contributed by atoms with van der Waals surface area (Å²) in [7, 11) is 0. The van der Waals surface area contributed by atoms with E-state index in [2.05, 4.69) is 36.6 Å². The molecule has 3 heteroatoms. The van der Waals surface area contributed by atoms with E-state index in [1.807, 2.05) is 0 Å². The number of imidazole rings is 1. The Balaban J connectivity index is 2.01. The van der Waals surface area contributed by atoms with E-state index in [0.29, 0.717) is 11.3 Å². The van der Waals surface area contributed by atoms with Gasteiger partial charge in [0.15, 0.2) is 0 Å². The Bertz CT molecular complexity index is 609. The van der Waals surface area contributed by atoms with E-state index < -0.39 is 0 Å². The van der Waals surface area contributed by atoms with Crippen molar-refractivity contribution in [2.24, 2.45) is 5.41 Å². The minimum Gasteiger partial charge on any atom is -0.326 e. The molecule has 0 spiro atoms. The van der Waals surface area contributed by atoms with Gasteiger partial charge < -0.3 is 4.57 Å². The summed E-state index contributed by atoms with van der Waals surface area (Å²) >= 11 is 6.12. The van der Waals surface area contributed by atoms with E-state index in [4.69, 9.17) is 16.6 Å². The highest BCUT2D eigenvalue weighted by Crippen LogP contribution is 2.38. The fraction of sp³-hybridized carbons (Fsp3) is 0.588. The van der Waals surface area contributed by atoms with E-state index in [-0.39, 0.29) is 0 Å². The van der Waals surface area contributed by atoms with Crippen molar-refractivity contribution < 1.29 is 0 Å². The van der Waals surface area contributed by atoms with Gasteiger partial charge in [0.2, 0.25) is 0 Å². The van der Waals surface area contributed by atoms with Gasteiger partial charge in [-0.2, -0.15) is 0 Å². The molecule has 0 saturated heterocycles. The largest absolute Gasteiger partial charge is 0.326 e. The number of alkyl halides is 1. The summed E-state index contributed by atoms with van der Waals surface area (Å²) in [4.78, 5) is 4.72. The van der Waals surface area contributed by atoms with Crippen LogP contribution in [0.5, 0.6) is 0 Å². The number of aryl methyl sites for hydroxylation is 1. The summed E-state index contributed by atoms with van der Waals surface area (Å²) in [5, 5.41) is 0. The molecule has 1 aromatic carbocycles. The highest BCUT2D eigenvalue weighted by atomic mass is 35.5. The number of hydrogen-bond acceptors (Lipinski definition) is 1. The summed E-state index contributed by atoms with van der Waals surface area (Å²) in [5.74, 6) is 1.50. The molecule has 1 aliphatic rings. The van der Waals surface area contributed by atoms with Crippen LogP contribution in [0.2, 0.25) is 0 Å². The van der Waals surface area contributed by atoms with Crippen molar-refractivity contribution in [3.8, 4) is 0 Å². The second-order valence-corrected chi connectivity index (χ2v) is 6.88. The molecule has 0 aliphatic heterocycles. The fourth-order valence-corrected chi connectivity index (χ4v) is 3.72. The number of rotatable bonds is 3. The van der Waals surface area contributed by atoms with Crippen LogP contribution in [0.4, 0.5) is 0 Å². The zero-order valence-electron chi connectivity index (χ0n) is 12.5. The summed E-state index contributed by atoms with van der Waals surface area (Å²) in [6.07, 6.45) is 6.75. The van der Waals surface area contributed by atoms with Gasteiger partial charge in [-0.05, 0) is 42.9 Å². The highest BCUT2D eigenvalue weighted by Gasteiger charge is 2.28. The van der Waals surface area contributed by atoms with E-state index in [1.54, 1.807) is 0 Å². The molecule has 0 atom stereocenters. The van der Waals surface area contributed by atoms with Crippen molar-refractivity contribution in [1.82, 2.24) is 9.55 Å². The molecule has 1 fully saturated rings. The molecule has 0 amide bonds. The molecule has 1 aliphatic carbocycles. The van der Waals surface area contributed by atoms with E-state index >= 15 is 0 Å². The molecule has 1 saturated carbocycles. The Morgan fingerprint density at radius 1 is 1.25 bits per heavy atom. The highest BCUT2D eigenvalue weighted by molar-refractivity contribution is 6.16. The normalized spacial score (nSPS) is 18.6. The third kappa shape index (κ3) is 2.58. The summed E-state index contributed by atoms with van der Waals surface area (Å²) in [6, 6.07) is 6.52. The first-order chi connectivity index (χ1) is 9.61. The summed E-state index contributed by atoms with van der Waals surface area (Å²) in [6.45, 7) is 5.58. The van der Waals surface area contributed by atoms with Crippen LogP contribution in [0.15, 0.2) is 18.2 Å². The van der Waals surface area contributed by atoms with Crippen LogP contribution in [0.3, 0.4) is 0 Å². The predicted octanol–water partition coefficient (Wildman–Crippen LogP) is 5.05. The second-order valence-electron chi connectivity index (χ2n) is 6.61. The maximum absolute atomic E-state index is 6.12. The predicted molar refractivity (Wildman–Crippen MR) is 85.2 cm³/mol. The standard InChI is InChI=1S/C17H23ClN2/c1-13-6-7-15-14(10-13)19-16(11-18)20(15)12-17(2)8-4-3-5-9-17/h6-7,10H,3-5,8-9,11-12H2,1-2H3. The Hall–Kier alpha value is -1.02. The Labute approximate surface area is 126 Å². The molecular formula is C17H23ClN2. The van der Waals surface area contributed by atoms with Crippen molar-refractivity contribution in [3.05, 3.63) is 29.6 Å². The van der Waals surface area contributed by atoms with Gasteiger partial charge in [-0.1, -0.05) is 32.3 Å². The number of halogens is 1. The lowest BCUT2D eigenvalue weighted by Crippen LogP contribution is -2.26. The first-order valence-corrected chi connectivity index (χ1v) is 8.16. The van der Waals surface area contributed by atoms with Crippen LogP contribution in [0, 0.1) is 12.3 Å². The van der Waals surface area contributed by atoms with E-state index in [0.717, 1.165) is 17.9 Å². The zero-order valence-corrected chi connectivity index (χ0v) is 13.2. The van der Waals surface area contributed by atoms with Gasteiger partial charge in [0, 0.05) is 6.54 Å². The third-order valence-electron chi connectivity index (χ3n) is 4.70. The molecule has 0 radical (unpaired) electrons. The minimum absolute atomic E-state index is 0.400. The molecule has 1 aromatic heterocycles. The van der Waals surface area contributed by atoms with Gasteiger partial charge in [-0.25, -0.2) is 4.98 Å². The quantitative estimate of drug-likeness (QED) is 0.723. The Morgan fingerprint density at radius 3 is 2.70 bits per heavy atom. The van der Waals surface area contributed by atoms with Gasteiger partial charge in [0.1, 0.15) is 5.82 Å². The van der Waals surface area contributed by atoms with E-state index in [1.165, 1.54) is 43.2 Å². The number of hydrogen-bond donors (Lipinski definition) is 0. The first kappa shape index (κ1) is 13.9. The molecule has 3 rings (SSSR count). The fourth-order valence-electron chi connectivity index (χ4n) is 3.51. The molecule has 20 heavy (non-hydrogen) atoms. The molecule has 1 heterocycles. The van der Waals surface area contributed by atoms with Crippen LogP contribution >= 0.6 is 11.6 Å². The Morgan fingerprint density at radius 2 is 2.00 bits per heavy atom. The van der Waals surface area contributed by atoms with Crippen LogP contribution in [0.25, 0.3) is 11.0 Å². The summed E-state index contributed by atoms with van der Waals surface area (Å²) in [5.41, 5.74) is 3.97.